The van der Waals surface area contributed by atoms with Gasteiger partial charge in [-0.15, -0.1) is 0 Å². The first-order chi connectivity index (χ1) is 15.4. The third kappa shape index (κ3) is 6.62. The van der Waals surface area contributed by atoms with Crippen molar-refractivity contribution in [3.05, 3.63) is 52.4 Å². The van der Waals surface area contributed by atoms with Crippen LogP contribution >= 0.6 is 0 Å². The van der Waals surface area contributed by atoms with Crippen molar-refractivity contribution in [2.24, 2.45) is 0 Å². The molecule has 0 bridgehead atoms. The Morgan fingerprint density at radius 3 is 1.84 bits per heavy atom. The van der Waals surface area contributed by atoms with E-state index in [2.05, 4.69) is 12.2 Å². The molecular formula is C26H37NO5. The fourth-order valence-corrected chi connectivity index (χ4v) is 3.94. The number of carbonyl (C=O) groups excluding carboxylic acids is 2. The summed E-state index contributed by atoms with van der Waals surface area (Å²) in [4.78, 5) is 25.6. The first-order valence-corrected chi connectivity index (χ1v) is 11.7. The number of dihydropyridines is 1. The second-order valence-electron chi connectivity index (χ2n) is 7.91. The maximum absolute atomic E-state index is 12.8. The molecule has 0 spiro atoms. The molecule has 6 nitrogen and oxygen atoms in total. The normalized spacial score (nSPS) is 14.3. The molecular weight excluding hydrogens is 406 g/mol. The van der Waals surface area contributed by atoms with Crippen LogP contribution in [-0.2, 0) is 19.1 Å². The Morgan fingerprint density at radius 2 is 1.34 bits per heavy atom. The highest BCUT2D eigenvalue weighted by molar-refractivity contribution is 5.99. The average molecular weight is 444 g/mol. The molecule has 1 aliphatic rings. The van der Waals surface area contributed by atoms with Crippen molar-refractivity contribution in [1.29, 1.82) is 0 Å². The Balaban J connectivity index is 2.28. The summed E-state index contributed by atoms with van der Waals surface area (Å²) in [6, 6.07) is 7.59. The van der Waals surface area contributed by atoms with Crippen molar-refractivity contribution >= 4 is 11.9 Å². The van der Waals surface area contributed by atoms with Gasteiger partial charge in [-0.2, -0.15) is 0 Å². The van der Waals surface area contributed by atoms with E-state index in [1.54, 1.807) is 13.8 Å². The Hall–Kier alpha value is -2.76. The monoisotopic (exact) mass is 443 g/mol. The van der Waals surface area contributed by atoms with Crippen molar-refractivity contribution in [2.45, 2.75) is 72.6 Å². The van der Waals surface area contributed by atoms with Crippen LogP contribution in [0.15, 0.2) is 46.8 Å². The van der Waals surface area contributed by atoms with Gasteiger partial charge in [0.05, 0.1) is 36.9 Å². The van der Waals surface area contributed by atoms with E-state index in [0.717, 1.165) is 17.7 Å². The number of hydrogen-bond acceptors (Lipinski definition) is 6. The van der Waals surface area contributed by atoms with E-state index in [9.17, 15) is 9.59 Å². The molecule has 0 atom stereocenters. The second-order valence-corrected chi connectivity index (χ2v) is 7.91. The van der Waals surface area contributed by atoms with Gasteiger partial charge in [0.1, 0.15) is 5.75 Å². The lowest BCUT2D eigenvalue weighted by molar-refractivity contribution is -0.139. The van der Waals surface area contributed by atoms with Gasteiger partial charge in [0, 0.05) is 11.4 Å². The Kier molecular flexibility index (Phi) is 10.3. The summed E-state index contributed by atoms with van der Waals surface area (Å²) in [5, 5.41) is 3.15. The van der Waals surface area contributed by atoms with E-state index in [0.29, 0.717) is 29.1 Å². The third-order valence-electron chi connectivity index (χ3n) is 5.48. The van der Waals surface area contributed by atoms with Gasteiger partial charge in [-0.05, 0) is 51.8 Å². The van der Waals surface area contributed by atoms with Crippen LogP contribution in [0.5, 0.6) is 5.75 Å². The number of unbranched alkanes of at least 4 members (excludes halogenated alkanes) is 4. The number of ether oxygens (including phenoxy) is 3. The van der Waals surface area contributed by atoms with Crippen LogP contribution in [0.1, 0.15) is 78.2 Å². The zero-order valence-electron chi connectivity index (χ0n) is 20.1. The lowest BCUT2D eigenvalue weighted by Gasteiger charge is -2.30. The molecule has 0 unspecified atom stereocenters. The van der Waals surface area contributed by atoms with Crippen LogP contribution in [0.2, 0.25) is 0 Å². The summed E-state index contributed by atoms with van der Waals surface area (Å²) < 4.78 is 16.5. The van der Waals surface area contributed by atoms with Gasteiger partial charge in [-0.25, -0.2) is 9.59 Å². The smallest absolute Gasteiger partial charge is 0.336 e. The maximum atomic E-state index is 12.8. The molecule has 0 saturated heterocycles. The van der Waals surface area contributed by atoms with Crippen LogP contribution in [0.4, 0.5) is 0 Å². The minimum atomic E-state index is -0.572. The minimum absolute atomic E-state index is 0.255. The van der Waals surface area contributed by atoms with Crippen molar-refractivity contribution < 1.29 is 23.8 Å². The van der Waals surface area contributed by atoms with Gasteiger partial charge >= 0.3 is 11.9 Å². The highest BCUT2D eigenvalue weighted by atomic mass is 16.5. The second kappa shape index (κ2) is 12.9. The lowest BCUT2D eigenvalue weighted by Crippen LogP contribution is -2.32. The molecule has 0 fully saturated rings. The summed E-state index contributed by atoms with van der Waals surface area (Å²) in [6.45, 7) is 10.6. The molecule has 1 aliphatic heterocycles. The molecule has 0 radical (unpaired) electrons. The first kappa shape index (κ1) is 25.5. The average Bonchev–Trinajstić information content (AvgIpc) is 2.76. The first-order valence-electron chi connectivity index (χ1n) is 11.7. The fourth-order valence-electron chi connectivity index (χ4n) is 3.94. The maximum Gasteiger partial charge on any atom is 0.336 e. The quantitative estimate of drug-likeness (QED) is 0.345. The largest absolute Gasteiger partial charge is 0.494 e. The highest BCUT2D eigenvalue weighted by Crippen LogP contribution is 2.39. The molecule has 1 N–H and O–H groups in total. The fraction of sp³-hybridized carbons (Fsp3) is 0.538. The summed E-state index contributed by atoms with van der Waals surface area (Å²) in [7, 11) is 0. The number of hydrogen-bond donors (Lipinski definition) is 1. The zero-order valence-corrected chi connectivity index (χ0v) is 20.1. The molecule has 0 aromatic heterocycles. The predicted molar refractivity (Wildman–Crippen MR) is 125 cm³/mol. The van der Waals surface area contributed by atoms with Crippen molar-refractivity contribution in [3.63, 3.8) is 0 Å². The van der Waals surface area contributed by atoms with Gasteiger partial charge in [0.2, 0.25) is 0 Å². The molecule has 2 rings (SSSR count). The van der Waals surface area contributed by atoms with E-state index < -0.39 is 17.9 Å². The topological polar surface area (TPSA) is 73.9 Å². The predicted octanol–water partition coefficient (Wildman–Crippen LogP) is 5.40. The van der Waals surface area contributed by atoms with E-state index in [1.165, 1.54) is 25.7 Å². The Morgan fingerprint density at radius 1 is 0.812 bits per heavy atom. The highest BCUT2D eigenvalue weighted by Gasteiger charge is 2.37. The molecule has 1 heterocycles. The van der Waals surface area contributed by atoms with E-state index in [1.807, 2.05) is 38.1 Å². The van der Waals surface area contributed by atoms with Crippen molar-refractivity contribution in [1.82, 2.24) is 5.32 Å². The Bertz CT molecular complexity index is 798. The lowest BCUT2D eigenvalue weighted by atomic mass is 9.80. The summed E-state index contributed by atoms with van der Waals surface area (Å²) in [6.07, 6.45) is 5.92. The van der Waals surface area contributed by atoms with Crippen LogP contribution in [-0.4, -0.2) is 31.8 Å². The standard InChI is InChI=1S/C26H37NO5/c1-6-9-10-11-12-17-32-21-15-13-20(14-16-21)24-22(25(28)30-7-2)18(4)27-19(5)23(24)26(29)31-8-3/h13-16,24,27H,6-12,17H2,1-5H3. The van der Waals surface area contributed by atoms with E-state index in [4.69, 9.17) is 14.2 Å². The minimum Gasteiger partial charge on any atom is -0.494 e. The molecule has 1 aromatic carbocycles. The zero-order chi connectivity index (χ0) is 23.5. The van der Waals surface area contributed by atoms with E-state index >= 15 is 0 Å². The van der Waals surface area contributed by atoms with Gasteiger partial charge in [-0.3, -0.25) is 0 Å². The summed E-state index contributed by atoms with van der Waals surface area (Å²) >= 11 is 0. The van der Waals surface area contributed by atoms with Crippen LogP contribution in [0, 0.1) is 0 Å². The Labute approximate surface area is 192 Å². The van der Waals surface area contributed by atoms with Crippen molar-refractivity contribution in [3.8, 4) is 5.75 Å². The molecule has 0 aliphatic carbocycles. The van der Waals surface area contributed by atoms with Crippen LogP contribution in [0.3, 0.4) is 0 Å². The van der Waals surface area contributed by atoms with Gasteiger partial charge < -0.3 is 19.5 Å². The molecule has 32 heavy (non-hydrogen) atoms. The number of benzene rings is 1. The molecule has 1 aromatic rings. The van der Waals surface area contributed by atoms with E-state index in [-0.39, 0.29) is 13.2 Å². The number of carbonyl (C=O) groups is 2. The van der Waals surface area contributed by atoms with Crippen LogP contribution < -0.4 is 10.1 Å². The molecule has 0 saturated carbocycles. The molecule has 176 valence electrons. The third-order valence-corrected chi connectivity index (χ3v) is 5.48. The van der Waals surface area contributed by atoms with Crippen molar-refractivity contribution in [2.75, 3.05) is 19.8 Å². The molecule has 6 heteroatoms. The van der Waals surface area contributed by atoms with Crippen LogP contribution in [0.25, 0.3) is 0 Å². The summed E-state index contributed by atoms with van der Waals surface area (Å²) in [5.41, 5.74) is 3.00. The van der Waals surface area contributed by atoms with Gasteiger partial charge in [-0.1, -0.05) is 44.7 Å². The number of rotatable bonds is 12. The van der Waals surface area contributed by atoms with Gasteiger partial charge in [0.15, 0.2) is 0 Å². The SMILES string of the molecule is CCCCCCCOc1ccc(C2C(C(=O)OCC)=C(C)NC(C)=C2C(=O)OCC)cc1. The summed E-state index contributed by atoms with van der Waals surface area (Å²) in [5.74, 6) is -0.680. The molecule has 0 amide bonds. The number of allylic oxidation sites excluding steroid dienone is 2. The number of esters is 2. The number of nitrogens with one attached hydrogen (secondary N) is 1. The van der Waals surface area contributed by atoms with Gasteiger partial charge in [0.25, 0.3) is 0 Å².